The Morgan fingerprint density at radius 2 is 2.00 bits per heavy atom. The first kappa shape index (κ1) is 9.34. The minimum atomic E-state index is -4.31. The molecule has 1 rings (SSSR count). The van der Waals surface area contributed by atoms with Crippen LogP contribution in [-0.4, -0.2) is 13.4 Å². The number of hydrogen-bond donors (Lipinski definition) is 0. The summed E-state index contributed by atoms with van der Waals surface area (Å²) >= 11 is 0. The van der Waals surface area contributed by atoms with Gasteiger partial charge in [-0.2, -0.15) is 0 Å². The van der Waals surface area contributed by atoms with Gasteiger partial charge in [0.05, 0.1) is 0 Å². The molecule has 12 heavy (non-hydrogen) atoms. The molecular formula is C5H2ClF2NO2S. The number of halogens is 3. The molecular weight excluding hydrogens is 212 g/mol. The van der Waals surface area contributed by atoms with Crippen LogP contribution in [0.25, 0.3) is 0 Å². The van der Waals surface area contributed by atoms with E-state index in [-0.39, 0.29) is 0 Å². The van der Waals surface area contributed by atoms with Gasteiger partial charge in [0.1, 0.15) is 0 Å². The van der Waals surface area contributed by atoms with Crippen LogP contribution in [0.15, 0.2) is 17.3 Å². The Hall–Kier alpha value is -0.750. The van der Waals surface area contributed by atoms with Crippen LogP contribution in [0, 0.1) is 11.6 Å². The lowest BCUT2D eigenvalue weighted by atomic mass is 10.5. The predicted octanol–water partition coefficient (Wildman–Crippen LogP) is 1.29. The topological polar surface area (TPSA) is 47.0 Å². The van der Waals surface area contributed by atoms with Crippen molar-refractivity contribution in [2.24, 2.45) is 0 Å². The van der Waals surface area contributed by atoms with Crippen LogP contribution >= 0.6 is 10.7 Å². The van der Waals surface area contributed by atoms with Crippen molar-refractivity contribution in [2.45, 2.75) is 5.03 Å². The molecule has 1 aromatic rings. The third kappa shape index (κ3) is 1.70. The number of aromatic nitrogens is 1. The van der Waals surface area contributed by atoms with Gasteiger partial charge in [-0.3, -0.25) is 0 Å². The van der Waals surface area contributed by atoms with Crippen molar-refractivity contribution in [3.63, 3.8) is 0 Å². The van der Waals surface area contributed by atoms with E-state index >= 15 is 0 Å². The predicted molar refractivity (Wildman–Crippen MR) is 37.2 cm³/mol. The standard InChI is InChI=1S/C5H2ClF2NO2S/c6-12(10,11)5-4(8)3(7)1-2-9-5/h1-2H. The average Bonchev–Trinajstić information content (AvgIpc) is 1.92. The molecule has 0 saturated heterocycles. The Balaban J connectivity index is 3.47. The van der Waals surface area contributed by atoms with Crippen LogP contribution in [0.1, 0.15) is 0 Å². The molecule has 66 valence electrons. The summed E-state index contributed by atoms with van der Waals surface area (Å²) in [5.41, 5.74) is 0. The van der Waals surface area contributed by atoms with Crippen molar-refractivity contribution in [3.8, 4) is 0 Å². The maximum absolute atomic E-state index is 12.6. The van der Waals surface area contributed by atoms with E-state index in [2.05, 4.69) is 4.98 Å². The molecule has 0 aliphatic rings. The van der Waals surface area contributed by atoms with E-state index in [0.29, 0.717) is 6.07 Å². The van der Waals surface area contributed by atoms with E-state index in [1.807, 2.05) is 0 Å². The first-order valence-corrected chi connectivity index (χ1v) is 4.98. The molecule has 0 N–H and O–H groups in total. The summed E-state index contributed by atoms with van der Waals surface area (Å²) in [6, 6.07) is 0.695. The minimum Gasteiger partial charge on any atom is -0.241 e. The number of nitrogens with zero attached hydrogens (tertiary/aromatic N) is 1. The molecule has 0 aliphatic carbocycles. The van der Waals surface area contributed by atoms with Crippen LogP contribution in [-0.2, 0) is 9.05 Å². The van der Waals surface area contributed by atoms with E-state index in [1.165, 1.54) is 0 Å². The molecule has 0 atom stereocenters. The summed E-state index contributed by atoms with van der Waals surface area (Å²) in [6.07, 6.45) is 0.813. The molecule has 0 fully saturated rings. The molecule has 7 heteroatoms. The summed E-state index contributed by atoms with van der Waals surface area (Å²) in [5.74, 6) is -2.86. The molecule has 0 unspecified atom stereocenters. The average molecular weight is 214 g/mol. The fourth-order valence-electron chi connectivity index (χ4n) is 0.572. The number of hydrogen-bond acceptors (Lipinski definition) is 3. The molecule has 1 heterocycles. The zero-order valence-electron chi connectivity index (χ0n) is 5.46. The van der Waals surface area contributed by atoms with Gasteiger partial charge >= 0.3 is 0 Å². The highest BCUT2D eigenvalue weighted by atomic mass is 35.7. The minimum absolute atomic E-state index is 0.695. The summed E-state index contributed by atoms with van der Waals surface area (Å²) in [5, 5.41) is -1.09. The quantitative estimate of drug-likeness (QED) is 0.661. The Kier molecular flexibility index (Phi) is 2.29. The molecule has 0 bridgehead atoms. The molecule has 0 aliphatic heterocycles. The van der Waals surface area contributed by atoms with Gasteiger partial charge in [0.15, 0.2) is 11.6 Å². The summed E-state index contributed by atoms with van der Waals surface area (Å²) < 4.78 is 46.0. The molecule has 0 radical (unpaired) electrons. The van der Waals surface area contributed by atoms with Gasteiger partial charge in [-0.05, 0) is 6.07 Å². The summed E-state index contributed by atoms with van der Waals surface area (Å²) in [6.45, 7) is 0. The van der Waals surface area contributed by atoms with Crippen molar-refractivity contribution in [3.05, 3.63) is 23.9 Å². The molecule has 0 amide bonds. The lowest BCUT2D eigenvalue weighted by molar-refractivity contribution is 0.475. The van der Waals surface area contributed by atoms with Crippen LogP contribution in [0.5, 0.6) is 0 Å². The third-order valence-corrected chi connectivity index (χ3v) is 2.23. The first-order valence-electron chi connectivity index (χ1n) is 2.67. The fourth-order valence-corrected chi connectivity index (χ4v) is 1.39. The first-order chi connectivity index (χ1) is 5.43. The highest BCUT2D eigenvalue weighted by Gasteiger charge is 2.20. The van der Waals surface area contributed by atoms with Crippen LogP contribution in [0.3, 0.4) is 0 Å². The molecule has 0 aromatic carbocycles. The van der Waals surface area contributed by atoms with E-state index in [0.717, 1.165) is 6.20 Å². The van der Waals surface area contributed by atoms with Gasteiger partial charge in [0, 0.05) is 16.9 Å². The lowest BCUT2D eigenvalue weighted by Crippen LogP contribution is -2.01. The van der Waals surface area contributed by atoms with Gasteiger partial charge < -0.3 is 0 Å². The lowest BCUT2D eigenvalue weighted by Gasteiger charge is -1.96. The van der Waals surface area contributed by atoms with Crippen molar-refractivity contribution < 1.29 is 17.2 Å². The maximum Gasteiger partial charge on any atom is 0.281 e. The van der Waals surface area contributed by atoms with Gasteiger partial charge in [0.2, 0.25) is 5.03 Å². The zero-order chi connectivity index (χ0) is 9.35. The monoisotopic (exact) mass is 213 g/mol. The Morgan fingerprint density at radius 3 is 2.42 bits per heavy atom. The second kappa shape index (κ2) is 2.95. The van der Waals surface area contributed by atoms with E-state index in [4.69, 9.17) is 10.7 Å². The summed E-state index contributed by atoms with van der Waals surface area (Å²) in [4.78, 5) is 3.08. The number of pyridine rings is 1. The molecule has 0 spiro atoms. The van der Waals surface area contributed by atoms with Crippen molar-refractivity contribution in [1.29, 1.82) is 0 Å². The highest BCUT2D eigenvalue weighted by molar-refractivity contribution is 8.13. The van der Waals surface area contributed by atoms with Gasteiger partial charge in [-0.25, -0.2) is 22.2 Å². The van der Waals surface area contributed by atoms with E-state index < -0.39 is 25.7 Å². The molecule has 1 aromatic heterocycles. The normalized spacial score (nSPS) is 11.6. The number of rotatable bonds is 1. The van der Waals surface area contributed by atoms with Crippen LogP contribution in [0.2, 0.25) is 0 Å². The second-order valence-electron chi connectivity index (χ2n) is 1.85. The molecule has 3 nitrogen and oxygen atoms in total. The van der Waals surface area contributed by atoms with Gasteiger partial charge in [-0.1, -0.05) is 0 Å². The maximum atomic E-state index is 12.6. The van der Waals surface area contributed by atoms with Crippen molar-refractivity contribution in [1.82, 2.24) is 4.98 Å². The van der Waals surface area contributed by atoms with Crippen LogP contribution < -0.4 is 0 Å². The van der Waals surface area contributed by atoms with Crippen LogP contribution in [0.4, 0.5) is 8.78 Å². The Labute approximate surface area is 71.4 Å². The largest absolute Gasteiger partial charge is 0.281 e. The van der Waals surface area contributed by atoms with E-state index in [9.17, 15) is 17.2 Å². The Bertz CT molecular complexity index is 406. The smallest absolute Gasteiger partial charge is 0.241 e. The summed E-state index contributed by atoms with van der Waals surface area (Å²) in [7, 11) is 0.429. The second-order valence-corrected chi connectivity index (χ2v) is 4.33. The third-order valence-electron chi connectivity index (χ3n) is 1.04. The van der Waals surface area contributed by atoms with Gasteiger partial charge in [-0.15, -0.1) is 0 Å². The SMILES string of the molecule is O=S(=O)(Cl)c1nccc(F)c1F. The highest BCUT2D eigenvalue weighted by Crippen LogP contribution is 2.17. The zero-order valence-corrected chi connectivity index (χ0v) is 7.03. The van der Waals surface area contributed by atoms with E-state index in [1.54, 1.807) is 0 Å². The van der Waals surface area contributed by atoms with Gasteiger partial charge in [0.25, 0.3) is 9.05 Å². The Morgan fingerprint density at radius 1 is 1.42 bits per heavy atom. The van der Waals surface area contributed by atoms with Crippen molar-refractivity contribution in [2.75, 3.05) is 0 Å². The fraction of sp³-hybridized carbons (Fsp3) is 0. The van der Waals surface area contributed by atoms with Crippen molar-refractivity contribution >= 4 is 19.7 Å². The molecule has 0 saturated carbocycles.